The van der Waals surface area contributed by atoms with Crippen molar-refractivity contribution in [2.24, 2.45) is 4.99 Å². The van der Waals surface area contributed by atoms with E-state index >= 15 is 0 Å². The molecule has 0 aliphatic carbocycles. The summed E-state index contributed by atoms with van der Waals surface area (Å²) in [4.78, 5) is 7.36. The molecule has 0 saturated carbocycles. The van der Waals surface area contributed by atoms with E-state index in [-0.39, 0.29) is 24.0 Å². The Morgan fingerprint density at radius 2 is 2.12 bits per heavy atom. The SMILES string of the molecule is CCNC(=NCc1cccc(C#N)c1)NC(C)Cc1ccc(C)s1.I. The lowest BCUT2D eigenvalue weighted by Gasteiger charge is -2.17. The molecule has 0 fully saturated rings. The molecule has 1 heterocycles. The summed E-state index contributed by atoms with van der Waals surface area (Å²) in [6.07, 6.45) is 0.979. The molecule has 0 saturated heterocycles. The van der Waals surface area contributed by atoms with Crippen LogP contribution in [0.15, 0.2) is 41.4 Å². The third kappa shape index (κ3) is 7.45. The van der Waals surface area contributed by atoms with Gasteiger partial charge in [-0.1, -0.05) is 12.1 Å². The second kappa shape index (κ2) is 11.1. The van der Waals surface area contributed by atoms with Crippen LogP contribution in [0, 0.1) is 18.3 Å². The fourth-order valence-corrected chi connectivity index (χ4v) is 3.43. The Morgan fingerprint density at radius 1 is 1.32 bits per heavy atom. The standard InChI is InChI=1S/C19H24N4S.HI/c1-4-21-19(22-13-17-7-5-6-16(11-17)12-20)23-14(2)10-18-9-8-15(3)24-18;/h5-9,11,14H,4,10,13H2,1-3H3,(H2,21,22,23);1H. The van der Waals surface area contributed by atoms with Crippen molar-refractivity contribution in [3.8, 4) is 6.07 Å². The summed E-state index contributed by atoms with van der Waals surface area (Å²) >= 11 is 1.84. The second-order valence-electron chi connectivity index (χ2n) is 5.77. The van der Waals surface area contributed by atoms with Crippen molar-refractivity contribution in [3.63, 3.8) is 0 Å². The van der Waals surface area contributed by atoms with E-state index in [1.807, 2.05) is 35.6 Å². The van der Waals surface area contributed by atoms with Gasteiger partial charge in [-0.2, -0.15) is 5.26 Å². The Balaban J connectivity index is 0.00000312. The molecule has 0 spiro atoms. The molecule has 1 unspecified atom stereocenters. The van der Waals surface area contributed by atoms with Gasteiger partial charge in [-0.3, -0.25) is 0 Å². The van der Waals surface area contributed by atoms with E-state index in [0.29, 0.717) is 18.2 Å². The zero-order chi connectivity index (χ0) is 17.4. The number of aryl methyl sites for hydroxylation is 1. The van der Waals surface area contributed by atoms with Gasteiger partial charge in [0.25, 0.3) is 0 Å². The van der Waals surface area contributed by atoms with E-state index in [1.165, 1.54) is 9.75 Å². The zero-order valence-corrected chi connectivity index (χ0v) is 18.0. The van der Waals surface area contributed by atoms with Crippen LogP contribution in [-0.4, -0.2) is 18.5 Å². The van der Waals surface area contributed by atoms with Crippen LogP contribution in [0.25, 0.3) is 0 Å². The third-order valence-corrected chi connectivity index (χ3v) is 4.53. The number of nitriles is 1. The van der Waals surface area contributed by atoms with Gasteiger partial charge in [-0.15, -0.1) is 35.3 Å². The summed E-state index contributed by atoms with van der Waals surface area (Å²) in [7, 11) is 0. The van der Waals surface area contributed by atoms with Gasteiger partial charge < -0.3 is 10.6 Å². The largest absolute Gasteiger partial charge is 0.357 e. The van der Waals surface area contributed by atoms with Crippen LogP contribution in [0.5, 0.6) is 0 Å². The highest BCUT2D eigenvalue weighted by atomic mass is 127. The van der Waals surface area contributed by atoms with Crippen molar-refractivity contribution >= 4 is 41.3 Å². The van der Waals surface area contributed by atoms with Gasteiger partial charge in [0, 0.05) is 28.8 Å². The highest BCUT2D eigenvalue weighted by Crippen LogP contribution is 2.16. The molecule has 0 amide bonds. The van der Waals surface area contributed by atoms with E-state index in [1.54, 1.807) is 0 Å². The normalized spacial score (nSPS) is 12.0. The van der Waals surface area contributed by atoms with E-state index < -0.39 is 0 Å². The van der Waals surface area contributed by atoms with Crippen LogP contribution in [-0.2, 0) is 13.0 Å². The van der Waals surface area contributed by atoms with Crippen molar-refractivity contribution in [2.75, 3.05) is 6.54 Å². The van der Waals surface area contributed by atoms with E-state index in [0.717, 1.165) is 24.5 Å². The van der Waals surface area contributed by atoms with Gasteiger partial charge in [-0.25, -0.2) is 4.99 Å². The van der Waals surface area contributed by atoms with Crippen LogP contribution in [0.1, 0.15) is 34.7 Å². The minimum absolute atomic E-state index is 0. The number of thiophene rings is 1. The molecule has 1 atom stereocenters. The summed E-state index contributed by atoms with van der Waals surface area (Å²) in [6, 6.07) is 14.4. The number of hydrogen-bond donors (Lipinski definition) is 2. The third-order valence-electron chi connectivity index (χ3n) is 3.51. The molecule has 0 aliphatic heterocycles. The van der Waals surface area contributed by atoms with Gasteiger partial charge >= 0.3 is 0 Å². The monoisotopic (exact) mass is 468 g/mol. The van der Waals surface area contributed by atoms with E-state index in [9.17, 15) is 0 Å². The van der Waals surface area contributed by atoms with Gasteiger partial charge in [0.2, 0.25) is 0 Å². The number of aliphatic imine (C=N–C) groups is 1. The van der Waals surface area contributed by atoms with Gasteiger partial charge in [-0.05, 0) is 50.6 Å². The molecule has 0 aliphatic rings. The number of nitrogens with zero attached hydrogens (tertiary/aromatic N) is 2. The summed E-state index contributed by atoms with van der Waals surface area (Å²) in [5.41, 5.74) is 1.70. The first-order chi connectivity index (χ1) is 11.6. The predicted molar refractivity (Wildman–Crippen MR) is 117 cm³/mol. The number of nitrogens with one attached hydrogen (secondary N) is 2. The lowest BCUT2D eigenvalue weighted by Crippen LogP contribution is -2.43. The summed E-state index contributed by atoms with van der Waals surface area (Å²) in [5.74, 6) is 0.806. The molecule has 2 aromatic rings. The van der Waals surface area contributed by atoms with Crippen LogP contribution in [0.3, 0.4) is 0 Å². The van der Waals surface area contributed by atoms with Crippen molar-refractivity contribution in [1.29, 1.82) is 5.26 Å². The summed E-state index contributed by atoms with van der Waals surface area (Å²) in [6.45, 7) is 7.72. The van der Waals surface area contributed by atoms with E-state index in [4.69, 9.17) is 5.26 Å². The van der Waals surface area contributed by atoms with Gasteiger partial charge in [0.15, 0.2) is 5.96 Å². The molecule has 1 aromatic carbocycles. The average molecular weight is 468 g/mol. The van der Waals surface area contributed by atoms with Crippen molar-refractivity contribution in [2.45, 2.75) is 39.8 Å². The Hall–Kier alpha value is -1.59. The maximum Gasteiger partial charge on any atom is 0.191 e. The topological polar surface area (TPSA) is 60.2 Å². The Labute approximate surface area is 171 Å². The fraction of sp³-hybridized carbons (Fsp3) is 0.368. The summed E-state index contributed by atoms with van der Waals surface area (Å²) in [5, 5.41) is 15.7. The lowest BCUT2D eigenvalue weighted by molar-refractivity contribution is 0.645. The number of hydrogen-bond acceptors (Lipinski definition) is 3. The van der Waals surface area contributed by atoms with Crippen molar-refractivity contribution in [3.05, 3.63) is 57.3 Å². The predicted octanol–water partition coefficient (Wildman–Crippen LogP) is 4.23. The number of guanidine groups is 1. The lowest BCUT2D eigenvalue weighted by atomic mass is 10.1. The molecule has 4 nitrogen and oxygen atoms in total. The van der Waals surface area contributed by atoms with Gasteiger partial charge in [0.05, 0.1) is 18.2 Å². The van der Waals surface area contributed by atoms with Crippen LogP contribution < -0.4 is 10.6 Å². The van der Waals surface area contributed by atoms with Crippen molar-refractivity contribution < 1.29 is 0 Å². The molecule has 134 valence electrons. The molecular formula is C19H25IN4S. The molecular weight excluding hydrogens is 443 g/mol. The Kier molecular flexibility index (Phi) is 9.53. The highest BCUT2D eigenvalue weighted by molar-refractivity contribution is 14.0. The number of rotatable bonds is 6. The molecule has 0 radical (unpaired) electrons. The molecule has 6 heteroatoms. The maximum atomic E-state index is 8.97. The molecule has 1 aromatic heterocycles. The quantitative estimate of drug-likeness (QED) is 0.379. The van der Waals surface area contributed by atoms with Crippen molar-refractivity contribution in [1.82, 2.24) is 10.6 Å². The smallest absolute Gasteiger partial charge is 0.191 e. The number of halogens is 1. The zero-order valence-electron chi connectivity index (χ0n) is 14.9. The first-order valence-corrected chi connectivity index (χ1v) is 9.01. The average Bonchev–Trinajstić information content (AvgIpc) is 2.97. The Morgan fingerprint density at radius 3 is 2.76 bits per heavy atom. The van der Waals surface area contributed by atoms with Crippen LogP contribution >= 0.6 is 35.3 Å². The minimum Gasteiger partial charge on any atom is -0.357 e. The fourth-order valence-electron chi connectivity index (χ4n) is 2.41. The minimum atomic E-state index is 0. The van der Waals surface area contributed by atoms with Gasteiger partial charge in [0.1, 0.15) is 0 Å². The highest BCUT2D eigenvalue weighted by Gasteiger charge is 2.08. The first-order valence-electron chi connectivity index (χ1n) is 8.20. The molecule has 0 bridgehead atoms. The summed E-state index contributed by atoms with van der Waals surface area (Å²) < 4.78 is 0. The first kappa shape index (κ1) is 21.5. The van der Waals surface area contributed by atoms with E-state index in [2.05, 4.69) is 54.6 Å². The Bertz CT molecular complexity index is 733. The number of benzene rings is 1. The molecule has 25 heavy (non-hydrogen) atoms. The van der Waals surface area contributed by atoms with Crippen LogP contribution in [0.4, 0.5) is 0 Å². The second-order valence-corrected chi connectivity index (χ2v) is 7.14. The molecule has 2 rings (SSSR count). The maximum absolute atomic E-state index is 8.97. The van der Waals surface area contributed by atoms with Crippen LogP contribution in [0.2, 0.25) is 0 Å². The molecule has 2 N–H and O–H groups in total.